The standard InChI is InChI=1S/C14H12BrClN2O2S/c1-21-12-4-2-3-10(13(12)14(17)18-19)20-11-7-8(15)5-6-9(11)16/h2-7,19H,1H3,(H2,17,18). The molecule has 2 rings (SSSR count). The van der Waals surface area contributed by atoms with Gasteiger partial charge in [-0.3, -0.25) is 0 Å². The Morgan fingerprint density at radius 3 is 2.76 bits per heavy atom. The van der Waals surface area contributed by atoms with Gasteiger partial charge in [-0.25, -0.2) is 0 Å². The van der Waals surface area contributed by atoms with Gasteiger partial charge in [0.1, 0.15) is 11.5 Å². The van der Waals surface area contributed by atoms with Crippen LogP contribution in [0.4, 0.5) is 0 Å². The zero-order chi connectivity index (χ0) is 15.4. The Labute approximate surface area is 140 Å². The van der Waals surface area contributed by atoms with Crippen molar-refractivity contribution in [1.82, 2.24) is 0 Å². The third-order valence-electron chi connectivity index (χ3n) is 2.68. The number of hydrogen-bond donors (Lipinski definition) is 2. The quantitative estimate of drug-likeness (QED) is 0.262. The number of oxime groups is 1. The Balaban J connectivity index is 2.51. The van der Waals surface area contributed by atoms with Crippen LogP contribution in [-0.2, 0) is 0 Å². The third kappa shape index (κ3) is 3.64. The molecule has 2 aromatic rings. The van der Waals surface area contributed by atoms with Gasteiger partial charge in [-0.1, -0.05) is 38.8 Å². The lowest BCUT2D eigenvalue weighted by molar-refractivity contribution is 0.318. The molecular formula is C14H12BrClN2O2S. The average Bonchev–Trinajstić information content (AvgIpc) is 2.49. The van der Waals surface area contributed by atoms with Crippen molar-refractivity contribution in [3.8, 4) is 11.5 Å². The molecule has 0 saturated heterocycles. The number of benzene rings is 2. The van der Waals surface area contributed by atoms with E-state index in [0.29, 0.717) is 22.1 Å². The van der Waals surface area contributed by atoms with Crippen molar-refractivity contribution in [2.75, 3.05) is 6.26 Å². The van der Waals surface area contributed by atoms with Crippen molar-refractivity contribution in [2.45, 2.75) is 4.90 Å². The van der Waals surface area contributed by atoms with E-state index in [1.165, 1.54) is 11.8 Å². The first-order valence-electron chi connectivity index (χ1n) is 5.84. The summed E-state index contributed by atoms with van der Waals surface area (Å²) in [5.41, 5.74) is 6.29. The van der Waals surface area contributed by atoms with Crippen molar-refractivity contribution in [3.05, 3.63) is 51.5 Å². The van der Waals surface area contributed by atoms with Gasteiger partial charge in [-0.2, -0.15) is 0 Å². The molecule has 4 nitrogen and oxygen atoms in total. The summed E-state index contributed by atoms with van der Waals surface area (Å²) >= 11 is 11.0. The van der Waals surface area contributed by atoms with Gasteiger partial charge in [0, 0.05) is 9.37 Å². The van der Waals surface area contributed by atoms with Crippen LogP contribution in [-0.4, -0.2) is 17.3 Å². The van der Waals surface area contributed by atoms with E-state index in [-0.39, 0.29) is 5.84 Å². The molecule has 0 atom stereocenters. The molecule has 0 aliphatic carbocycles. The predicted octanol–water partition coefficient (Wildman–Crippen LogP) is 4.71. The SMILES string of the molecule is CSc1cccc(Oc2cc(Br)ccc2Cl)c1/C(N)=N/O. The molecule has 110 valence electrons. The molecule has 0 bridgehead atoms. The first-order valence-corrected chi connectivity index (χ1v) is 8.24. The lowest BCUT2D eigenvalue weighted by Gasteiger charge is -2.14. The number of halogens is 2. The summed E-state index contributed by atoms with van der Waals surface area (Å²) in [7, 11) is 0. The normalized spacial score (nSPS) is 11.5. The number of hydrogen-bond acceptors (Lipinski definition) is 4. The van der Waals surface area contributed by atoms with E-state index in [4.69, 9.17) is 27.3 Å². The molecule has 21 heavy (non-hydrogen) atoms. The minimum absolute atomic E-state index is 0.0129. The second-order valence-corrected chi connectivity index (χ2v) is 6.17. The van der Waals surface area contributed by atoms with Crippen LogP contribution in [0.2, 0.25) is 5.02 Å². The average molecular weight is 388 g/mol. The van der Waals surface area contributed by atoms with Crippen LogP contribution in [0.25, 0.3) is 0 Å². The van der Waals surface area contributed by atoms with Crippen LogP contribution < -0.4 is 10.5 Å². The molecule has 2 aromatic carbocycles. The predicted molar refractivity (Wildman–Crippen MR) is 90.0 cm³/mol. The maximum absolute atomic E-state index is 8.96. The van der Waals surface area contributed by atoms with E-state index in [1.807, 2.05) is 24.5 Å². The topological polar surface area (TPSA) is 67.8 Å². The van der Waals surface area contributed by atoms with Gasteiger partial charge >= 0.3 is 0 Å². The molecule has 0 spiro atoms. The van der Waals surface area contributed by atoms with Crippen LogP contribution in [0.15, 0.2) is 50.9 Å². The fraction of sp³-hybridized carbons (Fsp3) is 0.0714. The van der Waals surface area contributed by atoms with E-state index < -0.39 is 0 Å². The van der Waals surface area contributed by atoms with Crippen molar-refractivity contribution in [3.63, 3.8) is 0 Å². The highest BCUT2D eigenvalue weighted by atomic mass is 79.9. The maximum atomic E-state index is 8.96. The number of thioether (sulfide) groups is 1. The van der Waals surface area contributed by atoms with Gasteiger partial charge < -0.3 is 15.7 Å². The molecule has 0 saturated carbocycles. The molecule has 0 unspecified atom stereocenters. The van der Waals surface area contributed by atoms with Crippen LogP contribution in [0, 0.1) is 0 Å². The van der Waals surface area contributed by atoms with Crippen molar-refractivity contribution >= 4 is 45.1 Å². The van der Waals surface area contributed by atoms with Gasteiger partial charge in [-0.05, 0) is 36.6 Å². The summed E-state index contributed by atoms with van der Waals surface area (Å²) in [5.74, 6) is 0.939. The summed E-state index contributed by atoms with van der Waals surface area (Å²) < 4.78 is 6.68. The Kier molecular flexibility index (Phi) is 5.39. The molecule has 0 heterocycles. The van der Waals surface area contributed by atoms with Gasteiger partial charge in [0.15, 0.2) is 5.84 Å². The summed E-state index contributed by atoms with van der Waals surface area (Å²) in [4.78, 5) is 0.842. The van der Waals surface area contributed by atoms with Gasteiger partial charge in [-0.15, -0.1) is 11.8 Å². The number of rotatable bonds is 4. The van der Waals surface area contributed by atoms with Gasteiger partial charge in [0.2, 0.25) is 0 Å². The fourth-order valence-electron chi connectivity index (χ4n) is 1.74. The Morgan fingerprint density at radius 1 is 1.33 bits per heavy atom. The molecule has 0 aliphatic heterocycles. The molecule has 0 amide bonds. The second kappa shape index (κ2) is 7.06. The summed E-state index contributed by atoms with van der Waals surface area (Å²) in [6.07, 6.45) is 1.90. The Morgan fingerprint density at radius 2 is 2.10 bits per heavy atom. The maximum Gasteiger partial charge on any atom is 0.175 e. The van der Waals surface area contributed by atoms with E-state index in [9.17, 15) is 0 Å². The Hall–Kier alpha value is -1.37. The monoisotopic (exact) mass is 386 g/mol. The molecular weight excluding hydrogens is 376 g/mol. The largest absolute Gasteiger partial charge is 0.455 e. The van der Waals surface area contributed by atoms with Crippen molar-refractivity contribution in [2.24, 2.45) is 10.9 Å². The third-order valence-corrected chi connectivity index (χ3v) is 4.27. The van der Waals surface area contributed by atoms with Crippen LogP contribution in [0.5, 0.6) is 11.5 Å². The summed E-state index contributed by atoms with van der Waals surface area (Å²) in [5, 5.41) is 12.5. The summed E-state index contributed by atoms with van der Waals surface area (Å²) in [6, 6.07) is 10.7. The first-order chi connectivity index (χ1) is 10.1. The van der Waals surface area contributed by atoms with E-state index in [2.05, 4.69) is 21.1 Å². The number of ether oxygens (including phenoxy) is 1. The van der Waals surface area contributed by atoms with Crippen LogP contribution >= 0.6 is 39.3 Å². The van der Waals surface area contributed by atoms with Crippen molar-refractivity contribution < 1.29 is 9.94 Å². The van der Waals surface area contributed by atoms with E-state index >= 15 is 0 Å². The molecule has 7 heteroatoms. The smallest absolute Gasteiger partial charge is 0.175 e. The van der Waals surface area contributed by atoms with Crippen LogP contribution in [0.1, 0.15) is 5.56 Å². The highest BCUT2D eigenvalue weighted by molar-refractivity contribution is 9.10. The fourth-order valence-corrected chi connectivity index (χ4v) is 2.86. The number of nitrogens with two attached hydrogens (primary N) is 1. The lowest BCUT2D eigenvalue weighted by Crippen LogP contribution is -2.15. The minimum Gasteiger partial charge on any atom is -0.455 e. The highest BCUT2D eigenvalue weighted by Gasteiger charge is 2.15. The van der Waals surface area contributed by atoms with E-state index in [0.717, 1.165) is 9.37 Å². The minimum atomic E-state index is -0.0129. The van der Waals surface area contributed by atoms with E-state index in [1.54, 1.807) is 18.2 Å². The van der Waals surface area contributed by atoms with Gasteiger partial charge in [0.25, 0.3) is 0 Å². The molecule has 0 fully saturated rings. The zero-order valence-corrected chi connectivity index (χ0v) is 14.2. The van der Waals surface area contributed by atoms with Crippen LogP contribution in [0.3, 0.4) is 0 Å². The lowest BCUT2D eigenvalue weighted by atomic mass is 10.2. The second-order valence-electron chi connectivity index (χ2n) is 4.00. The molecule has 0 radical (unpaired) electrons. The highest BCUT2D eigenvalue weighted by Crippen LogP contribution is 2.36. The number of nitrogens with zero attached hydrogens (tertiary/aromatic N) is 1. The molecule has 3 N–H and O–H groups in total. The number of amidine groups is 1. The Bertz CT molecular complexity index is 695. The molecule has 0 aliphatic rings. The van der Waals surface area contributed by atoms with Crippen molar-refractivity contribution in [1.29, 1.82) is 0 Å². The van der Waals surface area contributed by atoms with Gasteiger partial charge in [0.05, 0.1) is 10.6 Å². The summed E-state index contributed by atoms with van der Waals surface area (Å²) in [6.45, 7) is 0. The first kappa shape index (κ1) is 16.0. The zero-order valence-electron chi connectivity index (χ0n) is 11.0. The molecule has 0 aromatic heterocycles.